The van der Waals surface area contributed by atoms with Crippen LogP contribution in [0, 0.1) is 5.92 Å². The van der Waals surface area contributed by atoms with Gasteiger partial charge >= 0.3 is 0 Å². The van der Waals surface area contributed by atoms with E-state index in [-0.39, 0.29) is 5.92 Å². The molecule has 0 aliphatic heterocycles. The predicted octanol–water partition coefficient (Wildman–Crippen LogP) is 12.8. The molecule has 2 aliphatic rings. The summed E-state index contributed by atoms with van der Waals surface area (Å²) in [5.74, 6) is 0.620. The lowest BCUT2D eigenvalue weighted by molar-refractivity contribution is 0.692. The van der Waals surface area contributed by atoms with Crippen LogP contribution in [0.1, 0.15) is 18.4 Å². The first-order chi connectivity index (χ1) is 27.2. The van der Waals surface area contributed by atoms with Crippen molar-refractivity contribution in [1.82, 2.24) is 4.98 Å². The van der Waals surface area contributed by atoms with Crippen LogP contribution in [0.2, 0.25) is 0 Å². The van der Waals surface area contributed by atoms with Gasteiger partial charge in [0.15, 0.2) is 0 Å². The molecule has 0 spiro atoms. The van der Waals surface area contributed by atoms with Gasteiger partial charge in [0.1, 0.15) is 0 Å². The van der Waals surface area contributed by atoms with Gasteiger partial charge < -0.3 is 9.88 Å². The van der Waals surface area contributed by atoms with Crippen molar-refractivity contribution >= 4 is 50.8 Å². The largest absolute Gasteiger partial charge is 0.354 e. The van der Waals surface area contributed by atoms with Crippen molar-refractivity contribution in [1.29, 1.82) is 0 Å². The topological polar surface area (TPSA) is 19.0 Å². The number of hydrogen-bond donors (Lipinski definition) is 1. The van der Waals surface area contributed by atoms with E-state index >= 15 is 0 Å². The molecule has 1 aromatic heterocycles. The molecule has 2 nitrogen and oxygen atoms in total. The SMILES string of the molecule is CC1C=c2[nH]c3c(c2=CC1c1ccc(N(c2ccc(-c4ccccc4)cc2)c2ccc(-c4cccc5ccccc45)cc2)cc1)-c1cccc2cccc-3c12. The van der Waals surface area contributed by atoms with E-state index < -0.39 is 0 Å². The lowest BCUT2D eigenvalue weighted by Crippen LogP contribution is -2.31. The number of fused-ring (bicyclic) bond motifs is 6. The molecule has 2 heteroatoms. The van der Waals surface area contributed by atoms with Crippen molar-refractivity contribution in [2.45, 2.75) is 12.8 Å². The summed E-state index contributed by atoms with van der Waals surface area (Å²) >= 11 is 0. The maximum absolute atomic E-state index is 3.83. The molecule has 0 radical (unpaired) electrons. The van der Waals surface area contributed by atoms with Gasteiger partial charge in [-0.15, -0.1) is 0 Å². The maximum atomic E-state index is 3.83. The van der Waals surface area contributed by atoms with Gasteiger partial charge in [0.2, 0.25) is 0 Å². The minimum atomic E-state index is 0.267. The number of benzene rings is 8. The van der Waals surface area contributed by atoms with Crippen molar-refractivity contribution in [3.05, 3.63) is 198 Å². The van der Waals surface area contributed by atoms with Gasteiger partial charge in [-0.3, -0.25) is 0 Å². The first-order valence-electron chi connectivity index (χ1n) is 19.3. The molecule has 2 unspecified atom stereocenters. The van der Waals surface area contributed by atoms with Crippen LogP contribution >= 0.6 is 0 Å². The highest BCUT2D eigenvalue weighted by Gasteiger charge is 2.28. The maximum Gasteiger partial charge on any atom is 0.0551 e. The Hall–Kier alpha value is -6.90. The number of rotatable bonds is 6. The number of nitrogens with zero attached hydrogens (tertiary/aromatic N) is 1. The molecule has 2 aliphatic carbocycles. The van der Waals surface area contributed by atoms with Crippen molar-refractivity contribution in [2.24, 2.45) is 5.92 Å². The summed E-state index contributed by atoms with van der Waals surface area (Å²) < 4.78 is 0. The average molecular weight is 703 g/mol. The zero-order valence-electron chi connectivity index (χ0n) is 30.6. The van der Waals surface area contributed by atoms with Crippen LogP contribution in [0.3, 0.4) is 0 Å². The molecule has 9 aromatic rings. The molecule has 1 N–H and O–H groups in total. The Morgan fingerprint density at radius 1 is 0.455 bits per heavy atom. The number of hydrogen-bond acceptors (Lipinski definition) is 1. The van der Waals surface area contributed by atoms with Crippen molar-refractivity contribution in [2.75, 3.05) is 4.90 Å². The third kappa shape index (κ3) is 5.17. The van der Waals surface area contributed by atoms with Crippen LogP contribution in [0.4, 0.5) is 17.1 Å². The van der Waals surface area contributed by atoms with E-state index in [4.69, 9.17) is 0 Å². The van der Waals surface area contributed by atoms with Crippen LogP contribution in [0.25, 0.3) is 78.3 Å². The van der Waals surface area contributed by atoms with E-state index in [0.717, 1.165) is 17.1 Å². The summed E-state index contributed by atoms with van der Waals surface area (Å²) in [5, 5.41) is 7.77. The zero-order valence-corrected chi connectivity index (χ0v) is 30.6. The van der Waals surface area contributed by atoms with Gasteiger partial charge in [-0.05, 0) is 97.2 Å². The molecule has 11 rings (SSSR count). The van der Waals surface area contributed by atoms with Crippen LogP contribution < -0.4 is 15.5 Å². The first kappa shape index (κ1) is 31.6. The molecule has 55 heavy (non-hydrogen) atoms. The van der Waals surface area contributed by atoms with Gasteiger partial charge in [0, 0.05) is 44.7 Å². The zero-order chi connectivity index (χ0) is 36.5. The molecule has 8 aromatic carbocycles. The normalized spacial score (nSPS) is 15.3. The van der Waals surface area contributed by atoms with Gasteiger partial charge in [-0.25, -0.2) is 0 Å². The Bertz CT molecular complexity index is 3020. The molecule has 260 valence electrons. The minimum Gasteiger partial charge on any atom is -0.354 e. The Kier molecular flexibility index (Phi) is 7.25. The van der Waals surface area contributed by atoms with Crippen molar-refractivity contribution in [3.63, 3.8) is 0 Å². The number of H-pyrrole nitrogens is 1. The van der Waals surface area contributed by atoms with Crippen LogP contribution in [0.5, 0.6) is 0 Å². The number of aromatic nitrogens is 1. The molecule has 0 fully saturated rings. The van der Waals surface area contributed by atoms with E-state index in [1.54, 1.807) is 0 Å². The highest BCUT2D eigenvalue weighted by atomic mass is 15.1. The number of aromatic amines is 1. The lowest BCUT2D eigenvalue weighted by Gasteiger charge is -2.27. The predicted molar refractivity (Wildman–Crippen MR) is 232 cm³/mol. The fraction of sp³-hybridized carbons (Fsp3) is 0.0566. The molecule has 0 amide bonds. The Labute approximate surface area is 321 Å². The fourth-order valence-electron chi connectivity index (χ4n) is 9.17. The van der Waals surface area contributed by atoms with Crippen LogP contribution in [0.15, 0.2) is 182 Å². The van der Waals surface area contributed by atoms with E-state index in [1.807, 2.05) is 0 Å². The molecular formula is C53H38N2. The van der Waals surface area contributed by atoms with Gasteiger partial charge in [0.25, 0.3) is 0 Å². The second-order valence-electron chi connectivity index (χ2n) is 15.0. The molecule has 1 heterocycles. The Morgan fingerprint density at radius 3 is 1.75 bits per heavy atom. The second kappa shape index (κ2) is 12.6. The summed E-state index contributed by atoms with van der Waals surface area (Å²) in [4.78, 5) is 6.20. The molecule has 0 saturated carbocycles. The number of nitrogens with one attached hydrogen (secondary N) is 1. The summed E-state index contributed by atoms with van der Waals surface area (Å²) in [6.07, 6.45) is 4.95. The smallest absolute Gasteiger partial charge is 0.0551 e. The number of anilines is 3. The summed E-state index contributed by atoms with van der Waals surface area (Å²) in [7, 11) is 0. The highest BCUT2D eigenvalue weighted by Crippen LogP contribution is 2.45. The van der Waals surface area contributed by atoms with E-state index in [9.17, 15) is 0 Å². The third-order valence-electron chi connectivity index (χ3n) is 11.8. The van der Waals surface area contributed by atoms with E-state index in [1.165, 1.54) is 82.3 Å². The standard InChI is InChI=1S/C53H38N2/c1-34-32-50-49(52-46-18-8-14-40-15-9-19-47(51(40)46)53(52)54-50)33-48(34)39-24-30-43(31-25-39)55(41-26-20-36(21-27-41)35-10-3-2-4-11-35)42-28-22-38(23-29-42)45-17-7-13-37-12-5-6-16-44(37)45/h2-34,48,54H,1H3. The second-order valence-corrected chi connectivity index (χ2v) is 15.0. The minimum absolute atomic E-state index is 0.267. The van der Waals surface area contributed by atoms with E-state index in [0.29, 0.717) is 5.92 Å². The van der Waals surface area contributed by atoms with Gasteiger partial charge in [-0.1, -0.05) is 165 Å². The fourth-order valence-corrected chi connectivity index (χ4v) is 9.17. The molecule has 0 saturated heterocycles. The highest BCUT2D eigenvalue weighted by molar-refractivity contribution is 6.14. The molecule has 0 bridgehead atoms. The third-order valence-corrected chi connectivity index (χ3v) is 11.8. The van der Waals surface area contributed by atoms with Crippen LogP contribution in [-0.4, -0.2) is 4.98 Å². The molecular weight excluding hydrogens is 665 g/mol. The van der Waals surface area contributed by atoms with Gasteiger partial charge in [0.05, 0.1) is 5.69 Å². The quantitative estimate of drug-likeness (QED) is 0.183. The summed E-state index contributed by atoms with van der Waals surface area (Å²) in [6.45, 7) is 2.34. The Morgan fingerprint density at radius 2 is 1.02 bits per heavy atom. The van der Waals surface area contributed by atoms with E-state index in [2.05, 4.69) is 211 Å². The molecule has 2 atom stereocenters. The summed E-state index contributed by atoms with van der Waals surface area (Å²) in [5.41, 5.74) is 14.9. The van der Waals surface area contributed by atoms with Crippen molar-refractivity contribution in [3.8, 4) is 44.6 Å². The first-order valence-corrected chi connectivity index (χ1v) is 19.3. The lowest BCUT2D eigenvalue weighted by atomic mass is 9.83. The van der Waals surface area contributed by atoms with Crippen LogP contribution in [-0.2, 0) is 0 Å². The van der Waals surface area contributed by atoms with Crippen molar-refractivity contribution < 1.29 is 0 Å². The monoisotopic (exact) mass is 702 g/mol. The Balaban J connectivity index is 0.976. The average Bonchev–Trinajstić information content (AvgIpc) is 3.77. The summed E-state index contributed by atoms with van der Waals surface area (Å²) in [6, 6.07) is 66.4. The van der Waals surface area contributed by atoms with Gasteiger partial charge in [-0.2, -0.15) is 0 Å².